The number of unbranched alkanes of at least 4 members (excludes halogenated alkanes) is 12. The summed E-state index contributed by atoms with van der Waals surface area (Å²) in [5.41, 5.74) is 11.9. The third-order valence-corrected chi connectivity index (χ3v) is 15.4. The van der Waals surface area contributed by atoms with Crippen LogP contribution >= 0.6 is 0 Å². The Kier molecular flexibility index (Phi) is 33.3. The fraction of sp³-hybridized carbons (Fsp3) is 0.527. The van der Waals surface area contributed by atoms with E-state index in [4.69, 9.17) is 42.6 Å². The van der Waals surface area contributed by atoms with Crippen molar-refractivity contribution >= 4 is 29.8 Å². The first-order chi connectivity index (χ1) is 42.9. The Balaban J connectivity index is 1.92. The third kappa shape index (κ3) is 25.0. The van der Waals surface area contributed by atoms with Gasteiger partial charge in [0, 0.05) is 43.9 Å². The van der Waals surface area contributed by atoms with Gasteiger partial charge in [0.1, 0.15) is 82.3 Å². The lowest BCUT2D eigenvalue weighted by Gasteiger charge is -2.25. The zero-order chi connectivity index (χ0) is 63.3. The van der Waals surface area contributed by atoms with E-state index in [1.807, 2.05) is 0 Å². The van der Waals surface area contributed by atoms with E-state index in [0.717, 1.165) is 213 Å². The number of hydrogen-bond donors (Lipinski definition) is 0. The summed E-state index contributed by atoms with van der Waals surface area (Å²) in [6, 6.07) is 18.0. The molecule has 0 spiro atoms. The summed E-state index contributed by atoms with van der Waals surface area (Å²) >= 11 is 0. The summed E-state index contributed by atoms with van der Waals surface area (Å²) < 4.78 is 55.1. The molecule has 8 bridgehead atoms. The van der Waals surface area contributed by atoms with Crippen molar-refractivity contribution in [3.8, 4) is 23.0 Å². The Morgan fingerprint density at radius 2 is 0.568 bits per heavy atom. The highest BCUT2D eigenvalue weighted by Gasteiger charge is 2.26. The highest BCUT2D eigenvalue weighted by molar-refractivity contribution is 5.91. The van der Waals surface area contributed by atoms with E-state index in [0.29, 0.717) is 48.7 Å². The smallest absolute Gasteiger partial charge is 0.330 e. The molecule has 88 heavy (non-hydrogen) atoms. The van der Waals surface area contributed by atoms with Gasteiger partial charge in [-0.05, 0) is 125 Å². The van der Waals surface area contributed by atoms with Crippen molar-refractivity contribution in [2.45, 2.75) is 195 Å². The molecule has 0 atom stereocenters. The van der Waals surface area contributed by atoms with Crippen LogP contribution in [0.4, 0.5) is 0 Å². The SMILES string of the molecule is C=CC(=O)OCCOc1c2cc(CCCCCC)cc1Cc1cc(CCCCCC)cc(c1OCCOC(=O)C=C)Cc1cc(CCCCCC)cc(c1OCCOC(=O)CC(=O)OCC)Cc1cc(CCCCCC)cc(c1OCCOC(=O)C=C)C2. The first-order valence-electron chi connectivity index (χ1n) is 32.7. The Bertz CT molecular complexity index is 2740. The summed E-state index contributed by atoms with van der Waals surface area (Å²) in [6.45, 7) is 21.5. The number of esters is 5. The van der Waals surface area contributed by atoms with E-state index < -0.39 is 36.3 Å². The third-order valence-electron chi connectivity index (χ3n) is 15.4. The highest BCUT2D eigenvalue weighted by Crippen LogP contribution is 2.42. The predicted octanol–water partition coefficient (Wildman–Crippen LogP) is 15.1. The molecule has 0 unspecified atom stereocenters. The van der Waals surface area contributed by atoms with Gasteiger partial charge in [-0.15, -0.1) is 0 Å². The molecule has 0 aromatic heterocycles. The van der Waals surface area contributed by atoms with Crippen LogP contribution in [0.3, 0.4) is 0 Å². The van der Waals surface area contributed by atoms with Crippen molar-refractivity contribution in [3.63, 3.8) is 0 Å². The van der Waals surface area contributed by atoms with Crippen molar-refractivity contribution in [2.75, 3.05) is 59.5 Å². The van der Waals surface area contributed by atoms with Gasteiger partial charge in [0.2, 0.25) is 0 Å². The van der Waals surface area contributed by atoms with E-state index >= 15 is 0 Å². The van der Waals surface area contributed by atoms with Crippen LogP contribution in [-0.2, 0) is 99.0 Å². The van der Waals surface area contributed by atoms with Gasteiger partial charge in [-0.3, -0.25) is 9.59 Å². The van der Waals surface area contributed by atoms with E-state index in [1.165, 1.54) is 0 Å². The monoisotopic (exact) mass is 1210 g/mol. The Hall–Kier alpha value is -7.35. The highest BCUT2D eigenvalue weighted by atomic mass is 16.6. The van der Waals surface area contributed by atoms with E-state index in [2.05, 4.69) is 96.0 Å². The second kappa shape index (κ2) is 41.0. The lowest BCUT2D eigenvalue weighted by atomic mass is 9.87. The molecule has 0 N–H and O–H groups in total. The second-order valence-corrected chi connectivity index (χ2v) is 22.6. The summed E-state index contributed by atoms with van der Waals surface area (Å²) in [6.07, 6.45) is 24.8. The lowest BCUT2D eigenvalue weighted by molar-refractivity contribution is -0.154. The van der Waals surface area contributed by atoms with Gasteiger partial charge < -0.3 is 42.6 Å². The van der Waals surface area contributed by atoms with Crippen molar-refractivity contribution < 1.29 is 66.6 Å². The molecule has 5 rings (SSSR count). The molecular formula is C74H100O14. The van der Waals surface area contributed by atoms with Crippen LogP contribution in [0.15, 0.2) is 86.5 Å². The molecule has 0 saturated heterocycles. The lowest BCUT2D eigenvalue weighted by Crippen LogP contribution is -2.18. The van der Waals surface area contributed by atoms with Crippen LogP contribution in [0, 0.1) is 0 Å². The number of rotatable bonds is 42. The number of ether oxygens (including phenoxy) is 9. The average Bonchev–Trinajstić information content (AvgIpc) is 1.31. The number of carbonyl (C=O) groups is 5. The Morgan fingerprint density at radius 3 is 0.795 bits per heavy atom. The van der Waals surface area contributed by atoms with Crippen molar-refractivity contribution in [1.82, 2.24) is 0 Å². The molecule has 1 aliphatic rings. The van der Waals surface area contributed by atoms with Gasteiger partial charge in [0.05, 0.1) is 6.61 Å². The summed E-state index contributed by atoms with van der Waals surface area (Å²) in [4.78, 5) is 62.6. The number of aryl methyl sites for hydroxylation is 4. The summed E-state index contributed by atoms with van der Waals surface area (Å²) in [5, 5.41) is 0. The van der Waals surface area contributed by atoms with Crippen LogP contribution in [0.2, 0.25) is 0 Å². The van der Waals surface area contributed by atoms with Gasteiger partial charge in [-0.1, -0.05) is 173 Å². The molecule has 480 valence electrons. The second-order valence-electron chi connectivity index (χ2n) is 22.6. The van der Waals surface area contributed by atoms with E-state index in [9.17, 15) is 24.0 Å². The van der Waals surface area contributed by atoms with E-state index in [-0.39, 0.29) is 59.5 Å². The minimum atomic E-state index is -0.711. The number of benzene rings is 4. The first kappa shape index (κ1) is 71.4. The van der Waals surface area contributed by atoms with Gasteiger partial charge in [-0.2, -0.15) is 0 Å². The van der Waals surface area contributed by atoms with Crippen LogP contribution in [0.25, 0.3) is 0 Å². The normalized spacial score (nSPS) is 11.6. The molecule has 0 aliphatic heterocycles. The van der Waals surface area contributed by atoms with E-state index in [1.54, 1.807) is 6.92 Å². The van der Waals surface area contributed by atoms with Crippen LogP contribution < -0.4 is 18.9 Å². The van der Waals surface area contributed by atoms with Gasteiger partial charge >= 0.3 is 29.8 Å². The van der Waals surface area contributed by atoms with Gasteiger partial charge in [0.15, 0.2) is 0 Å². The molecule has 14 nitrogen and oxygen atoms in total. The zero-order valence-electron chi connectivity index (χ0n) is 53.7. The van der Waals surface area contributed by atoms with Crippen LogP contribution in [0.1, 0.15) is 211 Å². The minimum Gasteiger partial charge on any atom is -0.489 e. The maximum atomic E-state index is 13.0. The fourth-order valence-corrected chi connectivity index (χ4v) is 11.2. The topological polar surface area (TPSA) is 168 Å². The molecule has 4 aromatic carbocycles. The Morgan fingerprint density at radius 1 is 0.330 bits per heavy atom. The number of carbonyl (C=O) groups excluding carboxylic acids is 5. The molecule has 0 heterocycles. The van der Waals surface area contributed by atoms with Crippen molar-refractivity contribution in [1.29, 1.82) is 0 Å². The van der Waals surface area contributed by atoms with Gasteiger partial charge in [0.25, 0.3) is 0 Å². The predicted molar refractivity (Wildman–Crippen MR) is 346 cm³/mol. The fourth-order valence-electron chi connectivity index (χ4n) is 11.2. The number of fused-ring (bicyclic) bond motifs is 8. The largest absolute Gasteiger partial charge is 0.489 e. The molecule has 4 aromatic rings. The van der Waals surface area contributed by atoms with Crippen LogP contribution in [0.5, 0.6) is 23.0 Å². The maximum absolute atomic E-state index is 13.0. The molecule has 0 saturated carbocycles. The maximum Gasteiger partial charge on any atom is 0.330 e. The molecular weight excluding hydrogens is 1110 g/mol. The standard InChI is InChI=1S/C74H100O14/c1-9-17-21-25-29-54-41-58-49-60-43-55(30-26-22-18-10-2)45-62(72(60)86-38-34-82-67(76)14-6)51-64-47-57(32-28-24-20-12-4)48-65(74(64)88-40-36-84-70(79)53-69(78)80-16-8)52-63-46-56(31-27-23-19-11-3)44-61(73(63)87-39-35-83-68(77)15-7)50-59(42-54)71(58)85-37-33-81-66(75)13-5/h13-15,41-48H,5-7,9-12,16-40,49-53H2,1-4,8H3. The molecule has 0 amide bonds. The Labute approximate surface area is 525 Å². The minimum absolute atomic E-state index is 0.00830. The first-order valence-corrected chi connectivity index (χ1v) is 32.7. The average molecular weight is 1210 g/mol. The van der Waals surface area contributed by atoms with Crippen LogP contribution in [-0.4, -0.2) is 89.3 Å². The van der Waals surface area contributed by atoms with Crippen molar-refractivity contribution in [3.05, 3.63) is 153 Å². The summed E-state index contributed by atoms with van der Waals surface area (Å²) in [5.74, 6) is -0.424. The molecule has 14 heteroatoms. The quantitative estimate of drug-likeness (QED) is 0.0119. The number of hydrogen-bond acceptors (Lipinski definition) is 14. The summed E-state index contributed by atoms with van der Waals surface area (Å²) in [7, 11) is 0. The molecule has 1 aliphatic carbocycles. The van der Waals surface area contributed by atoms with Gasteiger partial charge in [-0.25, -0.2) is 14.4 Å². The zero-order valence-corrected chi connectivity index (χ0v) is 53.7. The molecule has 0 radical (unpaired) electrons. The van der Waals surface area contributed by atoms with Crippen molar-refractivity contribution in [2.24, 2.45) is 0 Å². The molecule has 0 fully saturated rings.